The predicted octanol–water partition coefficient (Wildman–Crippen LogP) is 2.55. The molecule has 1 amide bonds. The zero-order valence-corrected chi connectivity index (χ0v) is 11.8. The molecule has 0 saturated heterocycles. The van der Waals surface area contributed by atoms with E-state index in [1.165, 1.54) is 11.1 Å². The number of nitrogens with one attached hydrogen (secondary N) is 1. The van der Waals surface area contributed by atoms with Crippen LogP contribution in [0.1, 0.15) is 54.1 Å². The van der Waals surface area contributed by atoms with Gasteiger partial charge in [0.1, 0.15) is 6.04 Å². The number of rotatable bonds is 6. The van der Waals surface area contributed by atoms with Gasteiger partial charge in [-0.25, -0.2) is 4.79 Å². The highest BCUT2D eigenvalue weighted by Crippen LogP contribution is 2.22. The summed E-state index contributed by atoms with van der Waals surface area (Å²) >= 11 is 0. The standard InChI is InChI=1S/C16H21NO3/c1-2-3-7-14(16(19)20)17-15(18)13-9-8-11-5-4-6-12(11)10-13/h8-10,14H,2-7H2,1H3,(H,17,18)(H,19,20)/t14-/m0/s1. The molecule has 0 spiro atoms. The van der Waals surface area contributed by atoms with Crippen molar-refractivity contribution in [3.8, 4) is 0 Å². The third-order valence-corrected chi connectivity index (χ3v) is 3.81. The maximum absolute atomic E-state index is 12.1. The number of amides is 1. The van der Waals surface area contributed by atoms with E-state index >= 15 is 0 Å². The van der Waals surface area contributed by atoms with Crippen molar-refractivity contribution >= 4 is 11.9 Å². The van der Waals surface area contributed by atoms with Crippen molar-refractivity contribution in [2.45, 2.75) is 51.5 Å². The van der Waals surface area contributed by atoms with Crippen molar-refractivity contribution in [2.75, 3.05) is 0 Å². The Balaban J connectivity index is 2.04. The lowest BCUT2D eigenvalue weighted by molar-refractivity contribution is -0.139. The molecule has 1 aromatic carbocycles. The van der Waals surface area contributed by atoms with Gasteiger partial charge in [0.05, 0.1) is 0 Å². The van der Waals surface area contributed by atoms with Gasteiger partial charge in [0.25, 0.3) is 5.91 Å². The lowest BCUT2D eigenvalue weighted by Crippen LogP contribution is -2.40. The third-order valence-electron chi connectivity index (χ3n) is 3.81. The molecule has 1 aromatic rings. The second-order valence-electron chi connectivity index (χ2n) is 5.34. The van der Waals surface area contributed by atoms with Crippen LogP contribution in [0, 0.1) is 0 Å². The van der Waals surface area contributed by atoms with Crippen LogP contribution in [0.5, 0.6) is 0 Å². The number of hydrogen-bond acceptors (Lipinski definition) is 2. The van der Waals surface area contributed by atoms with E-state index in [-0.39, 0.29) is 5.91 Å². The van der Waals surface area contributed by atoms with Gasteiger partial charge in [0, 0.05) is 5.56 Å². The molecule has 4 nitrogen and oxygen atoms in total. The highest BCUT2D eigenvalue weighted by Gasteiger charge is 2.21. The topological polar surface area (TPSA) is 66.4 Å². The number of carbonyl (C=O) groups excluding carboxylic acids is 1. The van der Waals surface area contributed by atoms with Crippen molar-refractivity contribution in [3.05, 3.63) is 34.9 Å². The molecule has 2 rings (SSSR count). The molecule has 2 N–H and O–H groups in total. The summed E-state index contributed by atoms with van der Waals surface area (Å²) in [5.41, 5.74) is 3.09. The van der Waals surface area contributed by atoms with E-state index in [1.54, 1.807) is 6.07 Å². The van der Waals surface area contributed by atoms with Gasteiger partial charge in [-0.3, -0.25) is 4.79 Å². The molecule has 1 aliphatic carbocycles. The molecule has 20 heavy (non-hydrogen) atoms. The van der Waals surface area contributed by atoms with Gasteiger partial charge in [-0.1, -0.05) is 25.8 Å². The molecule has 0 aromatic heterocycles. The van der Waals surface area contributed by atoms with Crippen molar-refractivity contribution in [1.29, 1.82) is 0 Å². The van der Waals surface area contributed by atoms with Crippen LogP contribution in [0.4, 0.5) is 0 Å². The maximum atomic E-state index is 12.1. The van der Waals surface area contributed by atoms with E-state index in [4.69, 9.17) is 5.11 Å². The summed E-state index contributed by atoms with van der Waals surface area (Å²) in [5, 5.41) is 11.8. The minimum Gasteiger partial charge on any atom is -0.480 e. The third kappa shape index (κ3) is 3.38. The largest absolute Gasteiger partial charge is 0.480 e. The van der Waals surface area contributed by atoms with Crippen LogP contribution < -0.4 is 5.32 Å². The van der Waals surface area contributed by atoms with Crippen LogP contribution in [0.2, 0.25) is 0 Å². The SMILES string of the molecule is CCCC[C@H](NC(=O)c1ccc2c(c1)CCC2)C(=O)O. The molecule has 0 fully saturated rings. The van der Waals surface area contributed by atoms with Crippen LogP contribution in [0.25, 0.3) is 0 Å². The molecule has 108 valence electrons. The van der Waals surface area contributed by atoms with E-state index in [0.29, 0.717) is 12.0 Å². The van der Waals surface area contributed by atoms with Crippen LogP contribution in [0.15, 0.2) is 18.2 Å². The number of fused-ring (bicyclic) bond motifs is 1. The molecule has 0 unspecified atom stereocenters. The fourth-order valence-corrected chi connectivity index (χ4v) is 2.62. The first-order valence-electron chi connectivity index (χ1n) is 7.27. The molecule has 0 saturated carbocycles. The van der Waals surface area contributed by atoms with Gasteiger partial charge in [-0.05, 0) is 48.9 Å². The van der Waals surface area contributed by atoms with Gasteiger partial charge in [0.15, 0.2) is 0 Å². The first-order chi connectivity index (χ1) is 9.61. The molecule has 0 radical (unpaired) electrons. The molecular formula is C16H21NO3. The van der Waals surface area contributed by atoms with E-state index in [2.05, 4.69) is 5.32 Å². The quantitative estimate of drug-likeness (QED) is 0.838. The van der Waals surface area contributed by atoms with Gasteiger partial charge in [-0.15, -0.1) is 0 Å². The summed E-state index contributed by atoms with van der Waals surface area (Å²) in [6.07, 6.45) is 5.40. The summed E-state index contributed by atoms with van der Waals surface area (Å²) in [6, 6.07) is 4.88. The number of benzene rings is 1. The van der Waals surface area contributed by atoms with Crippen LogP contribution in [0.3, 0.4) is 0 Å². The van der Waals surface area contributed by atoms with Gasteiger partial charge >= 0.3 is 5.97 Å². The van der Waals surface area contributed by atoms with E-state index in [1.807, 2.05) is 19.1 Å². The Bertz CT molecular complexity index is 510. The van der Waals surface area contributed by atoms with Gasteiger partial charge < -0.3 is 10.4 Å². The summed E-state index contributed by atoms with van der Waals surface area (Å²) < 4.78 is 0. The number of carbonyl (C=O) groups is 2. The number of carboxylic acids is 1. The fraction of sp³-hybridized carbons (Fsp3) is 0.500. The van der Waals surface area contributed by atoms with E-state index in [9.17, 15) is 9.59 Å². The first-order valence-corrected chi connectivity index (χ1v) is 7.27. The minimum atomic E-state index is -0.965. The highest BCUT2D eigenvalue weighted by molar-refractivity contribution is 5.96. The fourth-order valence-electron chi connectivity index (χ4n) is 2.62. The van der Waals surface area contributed by atoms with Crippen molar-refractivity contribution in [2.24, 2.45) is 0 Å². The number of hydrogen-bond donors (Lipinski definition) is 2. The second kappa shape index (κ2) is 6.55. The zero-order valence-electron chi connectivity index (χ0n) is 11.8. The van der Waals surface area contributed by atoms with E-state index in [0.717, 1.165) is 32.1 Å². The summed E-state index contributed by atoms with van der Waals surface area (Å²) in [5.74, 6) is -1.25. The van der Waals surface area contributed by atoms with Gasteiger partial charge in [0.2, 0.25) is 0 Å². The number of aryl methyl sites for hydroxylation is 2. The Kier molecular flexibility index (Phi) is 4.77. The van der Waals surface area contributed by atoms with Crippen LogP contribution >= 0.6 is 0 Å². The first kappa shape index (κ1) is 14.6. The monoisotopic (exact) mass is 275 g/mol. The smallest absolute Gasteiger partial charge is 0.326 e. The van der Waals surface area contributed by atoms with Crippen LogP contribution in [-0.2, 0) is 17.6 Å². The summed E-state index contributed by atoms with van der Waals surface area (Å²) in [7, 11) is 0. The predicted molar refractivity (Wildman–Crippen MR) is 76.9 cm³/mol. The lowest BCUT2D eigenvalue weighted by Gasteiger charge is -2.14. The highest BCUT2D eigenvalue weighted by atomic mass is 16.4. The summed E-state index contributed by atoms with van der Waals surface area (Å²) in [6.45, 7) is 2.00. The number of aliphatic carboxylic acids is 1. The minimum absolute atomic E-state index is 0.289. The normalized spacial score (nSPS) is 14.7. The Morgan fingerprint density at radius 3 is 2.75 bits per heavy atom. The lowest BCUT2D eigenvalue weighted by atomic mass is 10.0. The maximum Gasteiger partial charge on any atom is 0.326 e. The van der Waals surface area contributed by atoms with E-state index < -0.39 is 12.0 Å². The van der Waals surface area contributed by atoms with Crippen LogP contribution in [-0.4, -0.2) is 23.0 Å². The molecule has 0 heterocycles. The number of carboxylic acid groups (broad SMARTS) is 1. The Labute approximate surface area is 119 Å². The zero-order chi connectivity index (χ0) is 14.5. The average molecular weight is 275 g/mol. The molecule has 0 bridgehead atoms. The van der Waals surface area contributed by atoms with Crippen molar-refractivity contribution in [1.82, 2.24) is 5.32 Å². The Morgan fingerprint density at radius 1 is 1.30 bits per heavy atom. The summed E-state index contributed by atoms with van der Waals surface area (Å²) in [4.78, 5) is 23.3. The molecule has 1 aliphatic rings. The molecule has 1 atom stereocenters. The molecule has 0 aliphatic heterocycles. The molecular weight excluding hydrogens is 254 g/mol. The Hall–Kier alpha value is -1.84. The Morgan fingerprint density at radius 2 is 2.05 bits per heavy atom. The average Bonchev–Trinajstić information content (AvgIpc) is 2.90. The second-order valence-corrected chi connectivity index (χ2v) is 5.34. The molecule has 4 heteroatoms. The van der Waals surface area contributed by atoms with Crippen molar-refractivity contribution < 1.29 is 14.7 Å². The van der Waals surface area contributed by atoms with Gasteiger partial charge in [-0.2, -0.15) is 0 Å². The van der Waals surface area contributed by atoms with Crippen molar-refractivity contribution in [3.63, 3.8) is 0 Å². The number of unbranched alkanes of at least 4 members (excludes halogenated alkanes) is 1.